The predicted molar refractivity (Wildman–Crippen MR) is 137 cm³/mol. The lowest BCUT2D eigenvalue weighted by Crippen LogP contribution is -2.53. The summed E-state index contributed by atoms with van der Waals surface area (Å²) in [5.74, 6) is 0.977. The molecule has 0 radical (unpaired) electrons. The van der Waals surface area contributed by atoms with Crippen molar-refractivity contribution in [1.29, 1.82) is 0 Å². The minimum Gasteiger partial charge on any atom is -0.497 e. The molecule has 0 spiro atoms. The molecule has 5 nitrogen and oxygen atoms in total. The minimum atomic E-state index is 0.142. The molecule has 2 aliphatic heterocycles. The Morgan fingerprint density at radius 1 is 1.03 bits per heavy atom. The monoisotopic (exact) mass is 459 g/mol. The topological polar surface area (TPSA) is 36.0 Å². The van der Waals surface area contributed by atoms with Gasteiger partial charge in [-0.25, -0.2) is 0 Å². The van der Waals surface area contributed by atoms with Gasteiger partial charge >= 0.3 is 0 Å². The summed E-state index contributed by atoms with van der Waals surface area (Å²) in [6, 6.07) is 17.2. The number of piperidine rings is 1. The molecule has 5 rings (SSSR count). The van der Waals surface area contributed by atoms with Crippen LogP contribution in [0.2, 0.25) is 0 Å². The van der Waals surface area contributed by atoms with E-state index in [0.29, 0.717) is 6.42 Å². The van der Waals surface area contributed by atoms with Gasteiger partial charge in [0, 0.05) is 50.8 Å². The number of likely N-dealkylation sites (N-methyl/N-ethyl adjacent to an activating group) is 1. The van der Waals surface area contributed by atoms with E-state index >= 15 is 0 Å². The lowest BCUT2D eigenvalue weighted by molar-refractivity contribution is -0.126. The van der Waals surface area contributed by atoms with E-state index in [0.717, 1.165) is 55.9 Å². The first-order valence-corrected chi connectivity index (χ1v) is 12.7. The van der Waals surface area contributed by atoms with Crippen LogP contribution >= 0.6 is 0 Å². The standard InChI is InChI=1S/C29H37N3O2/c1-30(28(33)25-20-23-10-11-27(34-2)22-24(23)21-25)18-19-31-16-12-29(13-17-31,32-14-6-7-15-32)26-8-4-3-5-9-26/h3-5,8-11,21-22H,6-7,12-20H2,1-2H3. The van der Waals surface area contributed by atoms with E-state index in [-0.39, 0.29) is 11.4 Å². The Balaban J connectivity index is 1.17. The van der Waals surface area contributed by atoms with Crippen molar-refractivity contribution in [3.05, 3.63) is 70.8 Å². The molecule has 0 saturated carbocycles. The number of fused-ring (bicyclic) bond motifs is 1. The zero-order valence-corrected chi connectivity index (χ0v) is 20.6. The molecule has 1 aliphatic carbocycles. The first-order valence-electron chi connectivity index (χ1n) is 12.7. The number of amides is 1. The third kappa shape index (κ3) is 4.51. The Morgan fingerprint density at radius 2 is 1.76 bits per heavy atom. The van der Waals surface area contributed by atoms with Crippen molar-refractivity contribution in [3.63, 3.8) is 0 Å². The van der Waals surface area contributed by atoms with Crippen LogP contribution in [0.5, 0.6) is 5.75 Å². The lowest BCUT2D eigenvalue weighted by Gasteiger charge is -2.48. The van der Waals surface area contributed by atoms with Crippen LogP contribution in [-0.4, -0.2) is 74.0 Å². The second kappa shape index (κ2) is 9.93. The zero-order chi connectivity index (χ0) is 23.5. The van der Waals surface area contributed by atoms with Crippen LogP contribution in [0.15, 0.2) is 54.1 Å². The Hall–Kier alpha value is -2.63. The fraction of sp³-hybridized carbons (Fsp3) is 0.483. The molecule has 2 fully saturated rings. The van der Waals surface area contributed by atoms with Crippen LogP contribution in [0.4, 0.5) is 0 Å². The van der Waals surface area contributed by atoms with Gasteiger partial charge in [-0.1, -0.05) is 36.4 Å². The Kier molecular flexibility index (Phi) is 6.75. The molecule has 0 bridgehead atoms. The first-order chi connectivity index (χ1) is 16.6. The first kappa shape index (κ1) is 23.1. The number of carbonyl (C=O) groups excluding carboxylic acids is 1. The largest absolute Gasteiger partial charge is 0.497 e. The maximum Gasteiger partial charge on any atom is 0.249 e. The van der Waals surface area contributed by atoms with Gasteiger partial charge in [-0.2, -0.15) is 0 Å². The molecule has 1 amide bonds. The van der Waals surface area contributed by atoms with Crippen LogP contribution in [-0.2, 0) is 16.8 Å². The van der Waals surface area contributed by atoms with Crippen molar-refractivity contribution in [1.82, 2.24) is 14.7 Å². The molecule has 0 unspecified atom stereocenters. The van der Waals surface area contributed by atoms with Crippen LogP contribution in [0.25, 0.3) is 6.08 Å². The highest BCUT2D eigenvalue weighted by molar-refractivity contribution is 6.00. The van der Waals surface area contributed by atoms with Gasteiger partial charge in [0.05, 0.1) is 7.11 Å². The van der Waals surface area contributed by atoms with E-state index in [9.17, 15) is 4.79 Å². The number of ether oxygens (including phenoxy) is 1. The molecular weight excluding hydrogens is 422 g/mol. The maximum absolute atomic E-state index is 13.1. The molecule has 180 valence electrons. The SMILES string of the molecule is COc1ccc2c(c1)C=C(C(=O)N(C)CCN1CCC(c3ccccc3)(N3CCCC3)CC1)C2. The summed E-state index contributed by atoms with van der Waals surface area (Å²) in [4.78, 5) is 20.3. The Bertz CT molecular complexity index is 1030. The molecule has 0 atom stereocenters. The number of benzene rings is 2. The fourth-order valence-corrected chi connectivity index (χ4v) is 6.04. The smallest absolute Gasteiger partial charge is 0.249 e. The average Bonchev–Trinajstić information content (AvgIpc) is 3.58. The number of hydrogen-bond donors (Lipinski definition) is 0. The molecule has 0 aromatic heterocycles. The van der Waals surface area contributed by atoms with E-state index in [4.69, 9.17) is 4.74 Å². The molecule has 0 N–H and O–H groups in total. The van der Waals surface area contributed by atoms with Gasteiger partial charge in [0.15, 0.2) is 0 Å². The molecule has 3 aliphatic rings. The van der Waals surface area contributed by atoms with Crippen LogP contribution < -0.4 is 4.74 Å². The number of nitrogens with zero attached hydrogens (tertiary/aromatic N) is 3. The second-order valence-corrected chi connectivity index (χ2v) is 10.1. The number of rotatable bonds is 7. The average molecular weight is 460 g/mol. The normalized spacial score (nSPS) is 20.1. The van der Waals surface area contributed by atoms with E-state index in [1.165, 1.54) is 37.1 Å². The van der Waals surface area contributed by atoms with Gasteiger partial charge < -0.3 is 14.5 Å². The lowest BCUT2D eigenvalue weighted by atomic mass is 9.79. The Morgan fingerprint density at radius 3 is 2.47 bits per heavy atom. The zero-order valence-electron chi connectivity index (χ0n) is 20.6. The summed E-state index contributed by atoms with van der Waals surface area (Å²) in [5.41, 5.74) is 4.84. The van der Waals surface area contributed by atoms with Crippen LogP contribution in [0, 0.1) is 0 Å². The summed E-state index contributed by atoms with van der Waals surface area (Å²) in [6.45, 7) is 6.30. The molecule has 34 heavy (non-hydrogen) atoms. The number of methoxy groups -OCH3 is 1. The molecular formula is C29H37N3O2. The van der Waals surface area contributed by atoms with Gasteiger partial charge in [-0.3, -0.25) is 9.69 Å². The quantitative estimate of drug-likeness (QED) is 0.622. The highest BCUT2D eigenvalue weighted by Crippen LogP contribution is 2.40. The summed E-state index contributed by atoms with van der Waals surface area (Å²) >= 11 is 0. The van der Waals surface area contributed by atoms with Gasteiger partial charge in [-0.05, 0) is 73.7 Å². The summed E-state index contributed by atoms with van der Waals surface area (Å²) < 4.78 is 5.33. The molecule has 5 heteroatoms. The highest BCUT2D eigenvalue weighted by Gasteiger charge is 2.42. The van der Waals surface area contributed by atoms with Crippen molar-refractivity contribution in [2.75, 3.05) is 53.4 Å². The summed E-state index contributed by atoms with van der Waals surface area (Å²) in [5, 5.41) is 0. The Labute approximate surface area is 204 Å². The van der Waals surface area contributed by atoms with Gasteiger partial charge in [0.25, 0.3) is 0 Å². The second-order valence-electron chi connectivity index (χ2n) is 10.1. The molecule has 2 saturated heterocycles. The maximum atomic E-state index is 13.1. The van der Waals surface area contributed by atoms with Crippen molar-refractivity contribution < 1.29 is 9.53 Å². The number of hydrogen-bond acceptors (Lipinski definition) is 4. The number of likely N-dealkylation sites (tertiary alicyclic amines) is 2. The van der Waals surface area contributed by atoms with Gasteiger partial charge in [-0.15, -0.1) is 0 Å². The van der Waals surface area contributed by atoms with Crippen molar-refractivity contribution in [2.45, 2.75) is 37.6 Å². The van der Waals surface area contributed by atoms with Crippen LogP contribution in [0.1, 0.15) is 42.4 Å². The van der Waals surface area contributed by atoms with E-state index in [2.05, 4.69) is 46.2 Å². The third-order valence-corrected chi connectivity index (χ3v) is 8.14. The molecule has 2 heterocycles. The predicted octanol–water partition coefficient (Wildman–Crippen LogP) is 4.18. The van der Waals surface area contributed by atoms with Gasteiger partial charge in [0.1, 0.15) is 5.75 Å². The van der Waals surface area contributed by atoms with Crippen LogP contribution in [0.3, 0.4) is 0 Å². The van der Waals surface area contributed by atoms with Crippen molar-refractivity contribution >= 4 is 12.0 Å². The fourth-order valence-electron chi connectivity index (χ4n) is 6.04. The third-order valence-electron chi connectivity index (χ3n) is 8.14. The van der Waals surface area contributed by atoms with Crippen molar-refractivity contribution in [2.24, 2.45) is 0 Å². The summed E-state index contributed by atoms with van der Waals surface area (Å²) in [7, 11) is 3.62. The molecule has 2 aromatic carbocycles. The minimum absolute atomic E-state index is 0.142. The van der Waals surface area contributed by atoms with Crippen molar-refractivity contribution in [3.8, 4) is 5.75 Å². The highest BCUT2D eigenvalue weighted by atomic mass is 16.5. The van der Waals surface area contributed by atoms with E-state index in [1.54, 1.807) is 7.11 Å². The van der Waals surface area contributed by atoms with E-state index in [1.807, 2.05) is 30.2 Å². The number of carbonyl (C=O) groups is 1. The summed E-state index contributed by atoms with van der Waals surface area (Å²) in [6.07, 6.45) is 7.70. The van der Waals surface area contributed by atoms with E-state index < -0.39 is 0 Å². The molecule has 2 aromatic rings. The van der Waals surface area contributed by atoms with Gasteiger partial charge in [0.2, 0.25) is 5.91 Å².